The molecule has 0 radical (unpaired) electrons. The van der Waals surface area contributed by atoms with Crippen LogP contribution in [-0.4, -0.2) is 49.4 Å². The number of methoxy groups -OCH3 is 1. The summed E-state index contributed by atoms with van der Waals surface area (Å²) in [5.74, 6) is -1.23. The van der Waals surface area contributed by atoms with E-state index in [1.165, 1.54) is 25.3 Å². The number of anilines is 1. The lowest BCUT2D eigenvalue weighted by Gasteiger charge is -2.28. The number of carboxylic acids is 1. The molecule has 2 rings (SSSR count). The fraction of sp³-hybridized carbons (Fsp3) is 0.462. The first kappa shape index (κ1) is 15.0. The number of likely N-dealkylation sites (N-methyl/N-ethyl adjacent to an activating group) is 1. The Morgan fingerprint density at radius 1 is 1.52 bits per heavy atom. The molecule has 1 N–H and O–H groups in total. The highest BCUT2D eigenvalue weighted by Crippen LogP contribution is 2.34. The van der Waals surface area contributed by atoms with Crippen LogP contribution in [0.4, 0.5) is 11.4 Å². The van der Waals surface area contributed by atoms with Crippen LogP contribution in [0.2, 0.25) is 0 Å². The number of aliphatic carboxylic acids is 1. The summed E-state index contributed by atoms with van der Waals surface area (Å²) in [6.45, 7) is 0.309. The summed E-state index contributed by atoms with van der Waals surface area (Å²) >= 11 is 0. The Morgan fingerprint density at radius 2 is 2.24 bits per heavy atom. The van der Waals surface area contributed by atoms with Gasteiger partial charge in [0, 0.05) is 19.2 Å². The van der Waals surface area contributed by atoms with Gasteiger partial charge in [-0.2, -0.15) is 0 Å². The highest BCUT2D eigenvalue weighted by atomic mass is 16.6. The van der Waals surface area contributed by atoms with Gasteiger partial charge in [0.05, 0.1) is 31.3 Å². The van der Waals surface area contributed by atoms with E-state index in [0.717, 1.165) is 0 Å². The monoisotopic (exact) mass is 296 g/mol. The van der Waals surface area contributed by atoms with Crippen molar-refractivity contribution in [1.29, 1.82) is 0 Å². The molecule has 1 fully saturated rings. The molecule has 1 heterocycles. The lowest BCUT2D eigenvalue weighted by molar-refractivity contribution is -0.384. The number of nitro groups is 1. The Hall–Kier alpha value is -2.35. The number of hydrogen-bond acceptors (Lipinski definition) is 6. The van der Waals surface area contributed by atoms with Crippen molar-refractivity contribution in [1.82, 2.24) is 0 Å². The zero-order valence-corrected chi connectivity index (χ0v) is 11.7. The van der Waals surface area contributed by atoms with E-state index in [0.29, 0.717) is 11.4 Å². The van der Waals surface area contributed by atoms with E-state index in [4.69, 9.17) is 9.47 Å². The summed E-state index contributed by atoms with van der Waals surface area (Å²) in [5.41, 5.74) is 0.204. The Kier molecular flexibility index (Phi) is 4.27. The average molecular weight is 296 g/mol. The smallest absolute Gasteiger partial charge is 0.311 e. The maximum atomic E-state index is 11.2. The minimum atomic E-state index is -0.977. The fourth-order valence-electron chi connectivity index (χ4n) is 2.41. The Balaban J connectivity index is 2.39. The van der Waals surface area contributed by atoms with Gasteiger partial charge < -0.3 is 19.5 Å². The van der Waals surface area contributed by atoms with Crippen molar-refractivity contribution in [2.45, 2.75) is 6.04 Å². The lowest BCUT2D eigenvalue weighted by atomic mass is 10.0. The molecule has 1 saturated heterocycles. The topological polar surface area (TPSA) is 102 Å². The van der Waals surface area contributed by atoms with Crippen LogP contribution in [-0.2, 0) is 9.53 Å². The third-order valence-corrected chi connectivity index (χ3v) is 3.62. The summed E-state index contributed by atoms with van der Waals surface area (Å²) in [6.07, 6.45) is 0. The SMILES string of the molecule is COc1ccc([N+](=O)[O-])c(N(C)C2COCC2C(=O)O)c1. The molecule has 8 heteroatoms. The van der Waals surface area contributed by atoms with E-state index in [1.54, 1.807) is 11.9 Å². The van der Waals surface area contributed by atoms with Gasteiger partial charge >= 0.3 is 5.97 Å². The van der Waals surface area contributed by atoms with E-state index in [2.05, 4.69) is 0 Å². The van der Waals surface area contributed by atoms with Gasteiger partial charge in [-0.1, -0.05) is 0 Å². The van der Waals surface area contributed by atoms with Crippen molar-refractivity contribution in [3.63, 3.8) is 0 Å². The molecule has 1 aromatic carbocycles. The molecular formula is C13H16N2O6. The van der Waals surface area contributed by atoms with Gasteiger partial charge in [0.25, 0.3) is 5.69 Å². The fourth-order valence-corrected chi connectivity index (χ4v) is 2.41. The molecule has 8 nitrogen and oxygen atoms in total. The summed E-state index contributed by atoms with van der Waals surface area (Å²) in [7, 11) is 3.08. The summed E-state index contributed by atoms with van der Waals surface area (Å²) in [5, 5.41) is 20.3. The van der Waals surface area contributed by atoms with E-state index in [1.807, 2.05) is 0 Å². The van der Waals surface area contributed by atoms with Crippen LogP contribution < -0.4 is 9.64 Å². The van der Waals surface area contributed by atoms with E-state index in [9.17, 15) is 20.0 Å². The number of carbonyl (C=O) groups is 1. The van der Waals surface area contributed by atoms with Crippen LogP contribution in [0.15, 0.2) is 18.2 Å². The van der Waals surface area contributed by atoms with Crippen LogP contribution in [0.25, 0.3) is 0 Å². The van der Waals surface area contributed by atoms with Crippen LogP contribution >= 0.6 is 0 Å². The minimum Gasteiger partial charge on any atom is -0.497 e. The normalized spacial score (nSPS) is 21.0. The van der Waals surface area contributed by atoms with E-state index >= 15 is 0 Å². The summed E-state index contributed by atoms with van der Waals surface area (Å²) < 4.78 is 10.3. The number of ether oxygens (including phenoxy) is 2. The van der Waals surface area contributed by atoms with Crippen LogP contribution in [0.1, 0.15) is 0 Å². The van der Waals surface area contributed by atoms with Crippen molar-refractivity contribution in [2.75, 3.05) is 32.3 Å². The molecule has 1 aromatic rings. The highest BCUT2D eigenvalue weighted by Gasteiger charge is 2.38. The van der Waals surface area contributed by atoms with Gasteiger partial charge in [-0.05, 0) is 6.07 Å². The first-order chi connectivity index (χ1) is 9.95. The quantitative estimate of drug-likeness (QED) is 0.642. The number of hydrogen-bond donors (Lipinski definition) is 1. The second-order valence-electron chi connectivity index (χ2n) is 4.77. The van der Waals surface area contributed by atoms with E-state index in [-0.39, 0.29) is 18.9 Å². The predicted octanol–water partition coefficient (Wildman–Crippen LogP) is 1.14. The third-order valence-electron chi connectivity index (χ3n) is 3.62. The van der Waals surface area contributed by atoms with Crippen LogP contribution in [0.5, 0.6) is 5.75 Å². The lowest BCUT2D eigenvalue weighted by Crippen LogP contribution is -2.41. The standard InChI is InChI=1S/C13H16N2O6/c1-14(12-7-21-6-9(12)13(16)17)11-5-8(20-2)3-4-10(11)15(18)19/h3-5,9,12H,6-7H2,1-2H3,(H,16,17). The Labute approximate surface area is 121 Å². The average Bonchev–Trinajstić information content (AvgIpc) is 2.95. The molecule has 0 amide bonds. The van der Waals surface area contributed by atoms with Gasteiger partial charge in [0.15, 0.2) is 0 Å². The van der Waals surface area contributed by atoms with Gasteiger partial charge in [-0.3, -0.25) is 14.9 Å². The number of nitro benzene ring substituents is 1. The molecular weight excluding hydrogens is 280 g/mol. The molecule has 0 bridgehead atoms. The Morgan fingerprint density at radius 3 is 2.81 bits per heavy atom. The van der Waals surface area contributed by atoms with Gasteiger partial charge in [0.2, 0.25) is 0 Å². The van der Waals surface area contributed by atoms with Crippen molar-refractivity contribution in [3.8, 4) is 5.75 Å². The molecule has 0 spiro atoms. The maximum absolute atomic E-state index is 11.2. The number of rotatable bonds is 5. The zero-order valence-electron chi connectivity index (χ0n) is 11.7. The van der Waals surface area contributed by atoms with Crippen molar-refractivity contribution >= 4 is 17.3 Å². The first-order valence-corrected chi connectivity index (χ1v) is 6.31. The second kappa shape index (κ2) is 5.96. The predicted molar refractivity (Wildman–Crippen MR) is 73.8 cm³/mol. The molecule has 0 aromatic heterocycles. The van der Waals surface area contributed by atoms with Crippen molar-refractivity contribution in [3.05, 3.63) is 28.3 Å². The number of nitrogens with zero attached hydrogens (tertiary/aromatic N) is 2. The van der Waals surface area contributed by atoms with Gasteiger partial charge in [0.1, 0.15) is 17.4 Å². The molecule has 2 unspecified atom stereocenters. The first-order valence-electron chi connectivity index (χ1n) is 6.31. The number of benzene rings is 1. The van der Waals surface area contributed by atoms with E-state index < -0.39 is 22.9 Å². The molecule has 2 atom stereocenters. The molecule has 0 saturated carbocycles. The highest BCUT2D eigenvalue weighted by molar-refractivity contribution is 5.74. The van der Waals surface area contributed by atoms with Crippen molar-refractivity contribution < 1.29 is 24.3 Å². The molecule has 0 aliphatic carbocycles. The number of carboxylic acid groups (broad SMARTS) is 1. The van der Waals surface area contributed by atoms with Gasteiger partial charge in [-0.25, -0.2) is 0 Å². The van der Waals surface area contributed by atoms with Crippen LogP contribution in [0.3, 0.4) is 0 Å². The summed E-state index contributed by atoms with van der Waals surface area (Å²) in [4.78, 5) is 23.4. The largest absolute Gasteiger partial charge is 0.497 e. The maximum Gasteiger partial charge on any atom is 0.311 e. The minimum absolute atomic E-state index is 0.0993. The van der Waals surface area contributed by atoms with Gasteiger partial charge in [-0.15, -0.1) is 0 Å². The Bertz CT molecular complexity index is 562. The molecule has 21 heavy (non-hydrogen) atoms. The summed E-state index contributed by atoms with van der Waals surface area (Å²) in [6, 6.07) is 3.90. The molecule has 1 aliphatic rings. The van der Waals surface area contributed by atoms with Crippen molar-refractivity contribution in [2.24, 2.45) is 5.92 Å². The zero-order chi connectivity index (χ0) is 15.6. The molecule has 114 valence electrons. The second-order valence-corrected chi connectivity index (χ2v) is 4.77. The van der Waals surface area contributed by atoms with Crippen LogP contribution in [0, 0.1) is 16.0 Å². The third kappa shape index (κ3) is 2.89. The molecule has 1 aliphatic heterocycles.